The minimum absolute atomic E-state index is 0.869. The van der Waals surface area contributed by atoms with Crippen LogP contribution in [0.5, 0.6) is 11.5 Å². The van der Waals surface area contributed by atoms with Gasteiger partial charge in [0.05, 0.1) is 14.2 Å². The van der Waals surface area contributed by atoms with Crippen LogP contribution < -0.4 is 14.8 Å². The lowest BCUT2D eigenvalue weighted by Crippen LogP contribution is -2.34. The second-order valence-corrected chi connectivity index (χ2v) is 5.83. The molecular weight excluding hydrogens is 264 g/mol. The molecule has 0 aromatic heterocycles. The SMILES string of the molecule is CNCCC1CCN(Cc2cc(OC)cc(OC)c2)CC1. The van der Waals surface area contributed by atoms with Gasteiger partial charge in [-0.3, -0.25) is 4.90 Å². The molecule has 21 heavy (non-hydrogen) atoms. The Kier molecular flexibility index (Phi) is 6.33. The van der Waals surface area contributed by atoms with Crippen LogP contribution in [0.4, 0.5) is 0 Å². The summed E-state index contributed by atoms with van der Waals surface area (Å²) in [5.74, 6) is 2.62. The summed E-state index contributed by atoms with van der Waals surface area (Å²) in [4.78, 5) is 2.53. The van der Waals surface area contributed by atoms with E-state index in [0.29, 0.717) is 0 Å². The monoisotopic (exact) mass is 292 g/mol. The molecule has 1 aromatic carbocycles. The van der Waals surface area contributed by atoms with Crippen LogP contribution in [0.2, 0.25) is 0 Å². The lowest BCUT2D eigenvalue weighted by atomic mass is 9.93. The summed E-state index contributed by atoms with van der Waals surface area (Å²) < 4.78 is 10.7. The average molecular weight is 292 g/mol. The minimum Gasteiger partial charge on any atom is -0.497 e. The first-order chi connectivity index (χ1) is 10.2. The Morgan fingerprint density at radius 2 is 1.71 bits per heavy atom. The van der Waals surface area contributed by atoms with Crippen molar-refractivity contribution in [3.05, 3.63) is 23.8 Å². The van der Waals surface area contributed by atoms with Crippen LogP contribution in [0.25, 0.3) is 0 Å². The Morgan fingerprint density at radius 1 is 1.10 bits per heavy atom. The average Bonchev–Trinajstić information content (AvgIpc) is 2.53. The largest absolute Gasteiger partial charge is 0.497 e. The van der Waals surface area contributed by atoms with E-state index >= 15 is 0 Å². The second kappa shape index (κ2) is 8.25. The van der Waals surface area contributed by atoms with E-state index in [4.69, 9.17) is 9.47 Å². The van der Waals surface area contributed by atoms with Crippen molar-refractivity contribution in [2.45, 2.75) is 25.8 Å². The van der Waals surface area contributed by atoms with Crippen LogP contribution >= 0.6 is 0 Å². The van der Waals surface area contributed by atoms with Crippen molar-refractivity contribution in [1.29, 1.82) is 0 Å². The molecule has 1 aliphatic rings. The summed E-state index contributed by atoms with van der Waals surface area (Å²) >= 11 is 0. The highest BCUT2D eigenvalue weighted by atomic mass is 16.5. The number of piperidine rings is 1. The molecule has 1 N–H and O–H groups in total. The normalized spacial score (nSPS) is 16.9. The molecule has 0 atom stereocenters. The summed E-state index contributed by atoms with van der Waals surface area (Å²) in [5.41, 5.74) is 1.26. The summed E-state index contributed by atoms with van der Waals surface area (Å²) in [7, 11) is 5.43. The number of nitrogens with one attached hydrogen (secondary N) is 1. The zero-order valence-electron chi connectivity index (χ0n) is 13.5. The maximum absolute atomic E-state index is 5.34. The van der Waals surface area contributed by atoms with Gasteiger partial charge in [-0.15, -0.1) is 0 Å². The van der Waals surface area contributed by atoms with Crippen molar-refractivity contribution in [1.82, 2.24) is 10.2 Å². The van der Waals surface area contributed by atoms with Gasteiger partial charge in [0.15, 0.2) is 0 Å². The third-order valence-corrected chi connectivity index (χ3v) is 4.33. The molecule has 0 saturated carbocycles. The van der Waals surface area contributed by atoms with Crippen LogP contribution in [0.15, 0.2) is 18.2 Å². The summed E-state index contributed by atoms with van der Waals surface area (Å²) in [6.07, 6.45) is 3.92. The Balaban J connectivity index is 1.88. The van der Waals surface area contributed by atoms with E-state index in [-0.39, 0.29) is 0 Å². The molecule has 0 radical (unpaired) electrons. The number of hydrogen-bond donors (Lipinski definition) is 1. The molecule has 0 spiro atoms. The highest BCUT2D eigenvalue weighted by Gasteiger charge is 2.19. The van der Waals surface area contributed by atoms with Gasteiger partial charge in [-0.05, 0) is 69.6 Å². The molecular formula is C17H28N2O2. The molecule has 1 saturated heterocycles. The second-order valence-electron chi connectivity index (χ2n) is 5.83. The quantitative estimate of drug-likeness (QED) is 0.837. The zero-order valence-corrected chi connectivity index (χ0v) is 13.5. The molecule has 2 rings (SSSR count). The molecule has 118 valence electrons. The van der Waals surface area contributed by atoms with Gasteiger partial charge in [0.25, 0.3) is 0 Å². The van der Waals surface area contributed by atoms with Gasteiger partial charge in [0, 0.05) is 12.6 Å². The fraction of sp³-hybridized carbons (Fsp3) is 0.647. The lowest BCUT2D eigenvalue weighted by Gasteiger charge is -2.32. The molecule has 1 fully saturated rings. The maximum Gasteiger partial charge on any atom is 0.122 e. The first-order valence-electron chi connectivity index (χ1n) is 7.84. The highest BCUT2D eigenvalue weighted by molar-refractivity contribution is 5.38. The molecule has 4 nitrogen and oxygen atoms in total. The van der Waals surface area contributed by atoms with Gasteiger partial charge >= 0.3 is 0 Å². The predicted octanol–water partition coefficient (Wildman–Crippen LogP) is 2.53. The fourth-order valence-corrected chi connectivity index (χ4v) is 3.00. The molecule has 0 amide bonds. The van der Waals surface area contributed by atoms with Gasteiger partial charge < -0.3 is 14.8 Å². The Hall–Kier alpha value is -1.26. The summed E-state index contributed by atoms with van der Waals surface area (Å²) in [6, 6.07) is 6.14. The third kappa shape index (κ3) is 4.90. The predicted molar refractivity (Wildman–Crippen MR) is 86.1 cm³/mol. The summed E-state index contributed by atoms with van der Waals surface area (Å²) in [5, 5.41) is 3.25. The summed E-state index contributed by atoms with van der Waals surface area (Å²) in [6.45, 7) is 4.49. The number of nitrogens with zero attached hydrogens (tertiary/aromatic N) is 1. The van der Waals surface area contributed by atoms with Crippen LogP contribution in [-0.2, 0) is 6.54 Å². The van der Waals surface area contributed by atoms with E-state index in [1.807, 2.05) is 13.1 Å². The van der Waals surface area contributed by atoms with E-state index in [1.54, 1.807) is 14.2 Å². The molecule has 1 aromatic rings. The van der Waals surface area contributed by atoms with Gasteiger partial charge in [0.2, 0.25) is 0 Å². The number of rotatable bonds is 7. The topological polar surface area (TPSA) is 33.7 Å². The van der Waals surface area contributed by atoms with Gasteiger partial charge in [0.1, 0.15) is 11.5 Å². The number of ether oxygens (including phenoxy) is 2. The van der Waals surface area contributed by atoms with Crippen LogP contribution in [0.1, 0.15) is 24.8 Å². The van der Waals surface area contributed by atoms with Crippen LogP contribution in [0.3, 0.4) is 0 Å². The molecule has 0 bridgehead atoms. The molecule has 1 aliphatic heterocycles. The number of methoxy groups -OCH3 is 2. The van der Waals surface area contributed by atoms with E-state index in [9.17, 15) is 0 Å². The number of benzene rings is 1. The van der Waals surface area contributed by atoms with Gasteiger partial charge in [-0.25, -0.2) is 0 Å². The Morgan fingerprint density at radius 3 is 2.24 bits per heavy atom. The Labute approximate surface area is 128 Å². The van der Waals surface area contributed by atoms with Crippen molar-refractivity contribution < 1.29 is 9.47 Å². The molecule has 0 aliphatic carbocycles. The van der Waals surface area contributed by atoms with Crippen molar-refractivity contribution in [2.75, 3.05) is 40.9 Å². The zero-order chi connectivity index (χ0) is 15.1. The van der Waals surface area contributed by atoms with E-state index in [2.05, 4.69) is 22.3 Å². The molecule has 4 heteroatoms. The van der Waals surface area contributed by atoms with E-state index in [1.165, 1.54) is 37.9 Å². The smallest absolute Gasteiger partial charge is 0.122 e. The maximum atomic E-state index is 5.34. The van der Waals surface area contributed by atoms with E-state index < -0.39 is 0 Å². The van der Waals surface area contributed by atoms with Crippen molar-refractivity contribution in [3.63, 3.8) is 0 Å². The van der Waals surface area contributed by atoms with Crippen molar-refractivity contribution >= 4 is 0 Å². The Bertz CT molecular complexity index is 407. The first-order valence-corrected chi connectivity index (χ1v) is 7.84. The highest BCUT2D eigenvalue weighted by Crippen LogP contribution is 2.26. The van der Waals surface area contributed by atoms with E-state index in [0.717, 1.165) is 30.5 Å². The van der Waals surface area contributed by atoms with Gasteiger partial charge in [-0.2, -0.15) is 0 Å². The van der Waals surface area contributed by atoms with Crippen molar-refractivity contribution in [3.8, 4) is 11.5 Å². The van der Waals surface area contributed by atoms with Crippen LogP contribution in [-0.4, -0.2) is 45.8 Å². The van der Waals surface area contributed by atoms with Crippen molar-refractivity contribution in [2.24, 2.45) is 5.92 Å². The fourth-order valence-electron chi connectivity index (χ4n) is 3.00. The third-order valence-electron chi connectivity index (χ3n) is 4.33. The van der Waals surface area contributed by atoms with Gasteiger partial charge in [-0.1, -0.05) is 0 Å². The minimum atomic E-state index is 0.869. The molecule has 1 heterocycles. The molecule has 0 unspecified atom stereocenters. The number of hydrogen-bond acceptors (Lipinski definition) is 4. The lowest BCUT2D eigenvalue weighted by molar-refractivity contribution is 0.172. The van der Waals surface area contributed by atoms with Crippen LogP contribution in [0, 0.1) is 5.92 Å². The standard InChI is InChI=1S/C17H28N2O2/c1-18-7-4-14-5-8-19(9-6-14)13-15-10-16(20-2)12-17(11-15)21-3/h10-12,14,18H,4-9,13H2,1-3H3. The first kappa shape index (κ1) is 16.1. The number of likely N-dealkylation sites (tertiary alicyclic amines) is 1.